The Kier molecular flexibility index (Phi) is 5.39. The Hall–Kier alpha value is -3.11. The van der Waals surface area contributed by atoms with Crippen molar-refractivity contribution in [3.8, 4) is 11.3 Å². The van der Waals surface area contributed by atoms with Gasteiger partial charge in [-0.2, -0.15) is 0 Å². The summed E-state index contributed by atoms with van der Waals surface area (Å²) in [6, 6.07) is 22.2. The molecule has 0 bridgehead atoms. The molecule has 168 valence electrons. The number of rotatable bonds is 5. The second-order valence-corrected chi connectivity index (χ2v) is 9.53. The second kappa shape index (κ2) is 8.68. The van der Waals surface area contributed by atoms with Gasteiger partial charge in [-0.1, -0.05) is 48.5 Å². The zero-order valence-corrected chi connectivity index (χ0v) is 19.5. The molecule has 0 unspecified atom stereocenters. The van der Waals surface area contributed by atoms with E-state index in [2.05, 4.69) is 86.9 Å². The lowest BCUT2D eigenvalue weighted by molar-refractivity contribution is 0.260. The number of para-hydroxylation sites is 1. The van der Waals surface area contributed by atoms with E-state index in [9.17, 15) is 0 Å². The molecule has 1 saturated heterocycles. The Morgan fingerprint density at radius 3 is 2.55 bits per heavy atom. The van der Waals surface area contributed by atoms with Gasteiger partial charge in [-0.05, 0) is 60.6 Å². The molecule has 4 heteroatoms. The van der Waals surface area contributed by atoms with E-state index in [0.717, 1.165) is 51.5 Å². The van der Waals surface area contributed by atoms with E-state index in [1.807, 2.05) is 6.20 Å². The van der Waals surface area contributed by atoms with Gasteiger partial charge >= 0.3 is 0 Å². The van der Waals surface area contributed by atoms with Crippen LogP contribution in [-0.2, 0) is 19.4 Å². The Labute approximate surface area is 196 Å². The highest BCUT2D eigenvalue weighted by Gasteiger charge is 2.24. The lowest BCUT2D eigenvalue weighted by Gasteiger charge is -2.35. The molecule has 0 amide bonds. The van der Waals surface area contributed by atoms with Crippen molar-refractivity contribution in [1.29, 1.82) is 0 Å². The topological polar surface area (TPSA) is 24.3 Å². The lowest BCUT2D eigenvalue weighted by Crippen LogP contribution is -2.47. The van der Waals surface area contributed by atoms with Crippen LogP contribution in [0.2, 0.25) is 0 Å². The number of aromatic nitrogens is 2. The van der Waals surface area contributed by atoms with Gasteiger partial charge in [0.2, 0.25) is 0 Å². The number of aryl methyl sites for hydroxylation is 3. The summed E-state index contributed by atoms with van der Waals surface area (Å²) in [4.78, 5) is 9.65. The van der Waals surface area contributed by atoms with Crippen LogP contribution < -0.4 is 4.90 Å². The van der Waals surface area contributed by atoms with Gasteiger partial charge < -0.3 is 9.47 Å². The molecule has 1 fully saturated rings. The van der Waals surface area contributed by atoms with Crippen LogP contribution in [0.1, 0.15) is 23.1 Å². The van der Waals surface area contributed by atoms with E-state index in [1.165, 1.54) is 51.7 Å². The minimum atomic E-state index is 1.05. The molecule has 0 spiro atoms. The normalized spacial score (nSPS) is 16.5. The maximum absolute atomic E-state index is 4.59. The highest BCUT2D eigenvalue weighted by molar-refractivity contribution is 5.94. The summed E-state index contributed by atoms with van der Waals surface area (Å²) in [6.07, 6.45) is 5.46. The van der Waals surface area contributed by atoms with Crippen LogP contribution >= 0.6 is 0 Å². The minimum Gasteiger partial charge on any atom is -0.354 e. The molecule has 0 saturated carbocycles. The van der Waals surface area contributed by atoms with Gasteiger partial charge in [-0.15, -0.1) is 0 Å². The van der Waals surface area contributed by atoms with Gasteiger partial charge in [-0.3, -0.25) is 4.90 Å². The van der Waals surface area contributed by atoms with Crippen molar-refractivity contribution in [2.24, 2.45) is 0 Å². The molecule has 4 aromatic rings. The van der Waals surface area contributed by atoms with Crippen molar-refractivity contribution in [3.05, 3.63) is 83.6 Å². The summed E-state index contributed by atoms with van der Waals surface area (Å²) in [5.41, 5.74) is 8.60. The minimum absolute atomic E-state index is 1.05. The molecule has 6 rings (SSSR count). The van der Waals surface area contributed by atoms with E-state index in [0.29, 0.717) is 0 Å². The average molecular weight is 437 g/mol. The number of piperazine rings is 1. The smallest absolute Gasteiger partial charge is 0.128 e. The van der Waals surface area contributed by atoms with Crippen molar-refractivity contribution in [3.63, 3.8) is 0 Å². The first kappa shape index (κ1) is 20.5. The third kappa shape index (κ3) is 3.83. The van der Waals surface area contributed by atoms with E-state index in [1.54, 1.807) is 0 Å². The van der Waals surface area contributed by atoms with E-state index < -0.39 is 0 Å². The number of hydrogen-bond donors (Lipinski definition) is 0. The fourth-order valence-corrected chi connectivity index (χ4v) is 5.75. The fraction of sp³-hybridized carbons (Fsp3) is 0.345. The number of pyridine rings is 1. The second-order valence-electron chi connectivity index (χ2n) is 9.53. The van der Waals surface area contributed by atoms with Crippen LogP contribution in [0.5, 0.6) is 0 Å². The molecule has 2 aromatic carbocycles. The summed E-state index contributed by atoms with van der Waals surface area (Å²) in [6.45, 7) is 8.67. The van der Waals surface area contributed by atoms with Crippen molar-refractivity contribution < 1.29 is 0 Å². The molecular weight excluding hydrogens is 404 g/mol. The predicted molar refractivity (Wildman–Crippen MR) is 137 cm³/mol. The van der Waals surface area contributed by atoms with Crippen LogP contribution in [0, 0.1) is 6.92 Å². The Morgan fingerprint density at radius 2 is 1.73 bits per heavy atom. The quantitative estimate of drug-likeness (QED) is 0.423. The van der Waals surface area contributed by atoms with Crippen molar-refractivity contribution in [2.45, 2.75) is 32.7 Å². The molecule has 0 aliphatic carbocycles. The molecule has 4 nitrogen and oxygen atoms in total. The number of nitrogens with zero attached hydrogens (tertiary/aromatic N) is 4. The van der Waals surface area contributed by atoms with Crippen LogP contribution in [0.25, 0.3) is 22.2 Å². The average Bonchev–Trinajstić information content (AvgIpc) is 3.19. The highest BCUT2D eigenvalue weighted by atomic mass is 15.3. The van der Waals surface area contributed by atoms with E-state index in [4.69, 9.17) is 0 Å². The fourth-order valence-electron chi connectivity index (χ4n) is 5.75. The summed E-state index contributed by atoms with van der Waals surface area (Å²) in [7, 11) is 0. The maximum Gasteiger partial charge on any atom is 0.128 e. The zero-order valence-electron chi connectivity index (χ0n) is 19.5. The lowest BCUT2D eigenvalue weighted by atomic mass is 10.00. The monoisotopic (exact) mass is 436 g/mol. The van der Waals surface area contributed by atoms with Gasteiger partial charge in [0, 0.05) is 50.9 Å². The maximum atomic E-state index is 4.59. The summed E-state index contributed by atoms with van der Waals surface area (Å²) >= 11 is 0. The standard InChI is InChI=1S/C29H32N4/c1-22-12-14-30-27(21-22)32-19-17-31(18-20-32)16-13-26-25-11-5-9-24-10-6-15-33(28(24)25)29(26)23-7-3-2-4-8-23/h2-5,7-9,11-12,14,21H,6,10,13,15-20H2,1H3. The third-order valence-electron chi connectivity index (χ3n) is 7.42. The van der Waals surface area contributed by atoms with Crippen LogP contribution in [-0.4, -0.2) is 47.2 Å². The number of benzene rings is 2. The zero-order chi connectivity index (χ0) is 22.2. The first-order chi connectivity index (χ1) is 16.3. The first-order valence-electron chi connectivity index (χ1n) is 12.4. The molecule has 2 aliphatic heterocycles. The summed E-state index contributed by atoms with van der Waals surface area (Å²) in [5.74, 6) is 1.12. The summed E-state index contributed by atoms with van der Waals surface area (Å²) in [5, 5.41) is 1.47. The van der Waals surface area contributed by atoms with Gasteiger partial charge in [0.05, 0.1) is 11.2 Å². The molecule has 33 heavy (non-hydrogen) atoms. The van der Waals surface area contributed by atoms with Gasteiger partial charge in [0.25, 0.3) is 0 Å². The summed E-state index contributed by atoms with van der Waals surface area (Å²) < 4.78 is 2.61. The van der Waals surface area contributed by atoms with Gasteiger partial charge in [-0.25, -0.2) is 4.98 Å². The van der Waals surface area contributed by atoms with Crippen molar-refractivity contribution >= 4 is 16.7 Å². The van der Waals surface area contributed by atoms with Crippen molar-refractivity contribution in [2.75, 3.05) is 37.6 Å². The molecule has 0 N–H and O–H groups in total. The predicted octanol–water partition coefficient (Wildman–Crippen LogP) is 5.32. The van der Waals surface area contributed by atoms with Gasteiger partial charge in [0.15, 0.2) is 0 Å². The number of anilines is 1. The molecule has 0 atom stereocenters. The van der Waals surface area contributed by atoms with Crippen LogP contribution in [0.15, 0.2) is 66.9 Å². The van der Waals surface area contributed by atoms with E-state index >= 15 is 0 Å². The molecule has 2 aromatic heterocycles. The number of hydrogen-bond acceptors (Lipinski definition) is 3. The molecule has 4 heterocycles. The first-order valence-corrected chi connectivity index (χ1v) is 12.4. The molecular formula is C29H32N4. The SMILES string of the molecule is Cc1ccnc(N2CCN(CCc3c(-c4ccccc4)n4c5c(cccc35)CCC4)CC2)c1. The highest BCUT2D eigenvalue weighted by Crippen LogP contribution is 2.38. The molecule has 2 aliphatic rings. The third-order valence-corrected chi connectivity index (χ3v) is 7.42. The Bertz CT molecular complexity index is 1270. The van der Waals surface area contributed by atoms with Crippen LogP contribution in [0.4, 0.5) is 5.82 Å². The van der Waals surface area contributed by atoms with Crippen molar-refractivity contribution in [1.82, 2.24) is 14.5 Å². The Balaban J connectivity index is 1.25. The van der Waals surface area contributed by atoms with Crippen LogP contribution in [0.3, 0.4) is 0 Å². The largest absolute Gasteiger partial charge is 0.354 e. The molecule has 0 radical (unpaired) electrons. The van der Waals surface area contributed by atoms with Gasteiger partial charge in [0.1, 0.15) is 5.82 Å². The van der Waals surface area contributed by atoms with E-state index in [-0.39, 0.29) is 0 Å². The Morgan fingerprint density at radius 1 is 0.879 bits per heavy atom.